The van der Waals surface area contributed by atoms with E-state index in [0.29, 0.717) is 13.8 Å². The van der Waals surface area contributed by atoms with Gasteiger partial charge in [-0.05, 0) is 0 Å². The second-order valence-corrected chi connectivity index (χ2v) is 15.7. The maximum absolute atomic E-state index is 14.4. The number of rotatable bonds is 23. The van der Waals surface area contributed by atoms with Gasteiger partial charge in [0, 0.05) is 31.8 Å². The van der Waals surface area contributed by atoms with Gasteiger partial charge in [-0.1, -0.05) is 20.4 Å². The maximum atomic E-state index is 14.4. The van der Waals surface area contributed by atoms with Crippen molar-refractivity contribution in [3.8, 4) is 0 Å². The molecule has 0 bridgehead atoms. The Labute approximate surface area is 333 Å². The van der Waals surface area contributed by atoms with Gasteiger partial charge in [0.15, 0.2) is 0 Å². The summed E-state index contributed by atoms with van der Waals surface area (Å²) < 4.78 is 404. The van der Waals surface area contributed by atoms with Gasteiger partial charge in [0.05, 0.1) is 6.42 Å². The lowest BCUT2D eigenvalue weighted by atomic mass is 9.98. The van der Waals surface area contributed by atoms with Crippen LogP contribution in [0.1, 0.15) is 20.3 Å². The number of hydrogen-bond acceptors (Lipinski definition) is 8. The molecule has 0 aliphatic carbocycles. The van der Waals surface area contributed by atoms with Crippen molar-refractivity contribution in [2.75, 3.05) is 39.4 Å². The van der Waals surface area contributed by atoms with E-state index < -0.39 is 162 Å². The Morgan fingerprint density at radius 2 is 0.698 bits per heavy atom. The van der Waals surface area contributed by atoms with Crippen LogP contribution in [0.25, 0.3) is 0 Å². The first kappa shape index (κ1) is 59.7. The van der Waals surface area contributed by atoms with Crippen molar-refractivity contribution in [3.05, 3.63) is 12.2 Å². The second kappa shape index (κ2) is 17.8. The molecule has 63 heavy (non-hydrogen) atoms. The highest BCUT2D eigenvalue weighted by molar-refractivity contribution is 7.90. The first-order valence-corrected chi connectivity index (χ1v) is 18.1. The van der Waals surface area contributed by atoms with Crippen molar-refractivity contribution < 1.29 is 150 Å². The Hall–Kier alpha value is -3.32. The summed E-state index contributed by atoms with van der Waals surface area (Å²) in [5.41, 5.74) is -1.28. The number of likely N-dealkylation sites (N-methyl/N-ethyl adjacent to an activating group) is 2. The summed E-state index contributed by atoms with van der Waals surface area (Å²) in [7, 11) is -15.2. The van der Waals surface area contributed by atoms with E-state index in [1.807, 2.05) is 0 Å². The lowest BCUT2D eigenvalue weighted by Gasteiger charge is -2.40. The minimum atomic E-state index is -8.53. The zero-order chi connectivity index (χ0) is 51.3. The molecule has 38 heteroatoms. The van der Waals surface area contributed by atoms with Crippen LogP contribution in [-0.2, 0) is 39.1 Å². The highest BCUT2D eigenvalue weighted by Gasteiger charge is 2.94. The monoisotopic (exact) mass is 1040 g/mol. The molecule has 374 valence electrons. The van der Waals surface area contributed by atoms with Gasteiger partial charge in [0.2, 0.25) is 0 Å². The van der Waals surface area contributed by atoms with E-state index in [2.05, 4.69) is 16.1 Å². The summed E-state index contributed by atoms with van der Waals surface area (Å²) in [6, 6.07) is 0. The number of carbonyl (C=O) groups excluding carboxylic acids is 2. The quantitative estimate of drug-likeness (QED) is 0.0579. The van der Waals surface area contributed by atoms with Crippen molar-refractivity contribution in [1.29, 1.82) is 0 Å². The Balaban J connectivity index is 5.93. The van der Waals surface area contributed by atoms with Crippen molar-refractivity contribution in [2.24, 2.45) is 0 Å². The third-order valence-corrected chi connectivity index (χ3v) is 11.7. The molecule has 0 aromatic carbocycles. The van der Waals surface area contributed by atoms with Crippen LogP contribution in [0, 0.1) is 0 Å². The van der Waals surface area contributed by atoms with Gasteiger partial charge in [-0.2, -0.15) is 123 Å². The molecule has 0 aliphatic rings. The van der Waals surface area contributed by atoms with Gasteiger partial charge < -0.3 is 9.47 Å². The minimum Gasteiger partial charge on any atom is -0.464 e. The first-order chi connectivity index (χ1) is 27.3. The highest BCUT2D eigenvalue weighted by atomic mass is 32.2. The van der Waals surface area contributed by atoms with Crippen molar-refractivity contribution in [1.82, 2.24) is 8.61 Å². The molecule has 0 aromatic heterocycles. The Morgan fingerprint density at radius 3 is 0.952 bits per heavy atom. The summed E-state index contributed by atoms with van der Waals surface area (Å²) in [6.45, 7) is -7.05. The number of halogens is 26. The molecule has 0 heterocycles. The maximum Gasteiger partial charge on any atom is 0.460 e. The summed E-state index contributed by atoms with van der Waals surface area (Å²) in [5, 5.41) is -15.4. The molecule has 0 rings (SSSR count). The average molecular weight is 1040 g/mol. The third kappa shape index (κ3) is 9.53. The van der Waals surface area contributed by atoms with Crippen molar-refractivity contribution in [3.63, 3.8) is 0 Å². The average Bonchev–Trinajstić information content (AvgIpc) is 3.09. The van der Waals surface area contributed by atoms with Crippen LogP contribution in [0.15, 0.2) is 12.2 Å². The number of ether oxygens (including phenoxy) is 2. The molecule has 0 fully saturated rings. The molecule has 0 aliphatic heterocycles. The number of hydrogen-bond donors (Lipinski definition) is 0. The molecule has 0 unspecified atom stereocenters. The van der Waals surface area contributed by atoms with Crippen LogP contribution in [0.3, 0.4) is 0 Å². The predicted octanol–water partition coefficient (Wildman–Crippen LogP) is 7.72. The number of alkyl halides is 26. The van der Waals surface area contributed by atoms with E-state index in [-0.39, 0.29) is 0 Å². The van der Waals surface area contributed by atoms with E-state index in [1.54, 1.807) is 0 Å². The molecule has 0 saturated heterocycles. The number of carbonyl (C=O) groups is 2. The van der Waals surface area contributed by atoms with Gasteiger partial charge in [0.1, 0.15) is 13.2 Å². The lowest BCUT2D eigenvalue weighted by Crippen LogP contribution is -2.71. The number of esters is 2. The van der Waals surface area contributed by atoms with E-state index in [1.165, 1.54) is 0 Å². The Morgan fingerprint density at radius 1 is 0.444 bits per heavy atom. The molecule has 0 aromatic rings. The summed E-state index contributed by atoms with van der Waals surface area (Å²) >= 11 is 0. The molecule has 0 atom stereocenters. The van der Waals surface area contributed by atoms with E-state index in [0.717, 1.165) is 0 Å². The van der Waals surface area contributed by atoms with Crippen LogP contribution in [-0.4, -0.2) is 147 Å². The van der Waals surface area contributed by atoms with Crippen LogP contribution in [0.5, 0.6) is 0 Å². The van der Waals surface area contributed by atoms with E-state index in [9.17, 15) is 141 Å². The minimum absolute atomic E-state index is 0.373. The normalized spacial score (nSPS) is 15.5. The SMILES string of the molecule is C=C(CC(=O)OCCN(CC)S(=O)(=O)C(F)(F)C(F)(F)C(F)(F)C(F)(F)C(F)(F)C(F)(F)F)C(=O)OCCN(CC)S(=O)(=O)C(F)(F)C(F)(F)C(F)(F)C(F)(F)C(F)(F)C(F)(F)F. The predicted molar refractivity (Wildman–Crippen MR) is 150 cm³/mol. The van der Waals surface area contributed by atoms with E-state index in [4.69, 9.17) is 0 Å². The molecular formula is C25H22F26N2O8S2. The summed E-state index contributed by atoms with van der Waals surface area (Å²) in [6.07, 6.45) is -17.2. The largest absolute Gasteiger partial charge is 0.464 e. The van der Waals surface area contributed by atoms with Gasteiger partial charge in [-0.15, -0.1) is 0 Å². The number of sulfonamides is 2. The fraction of sp³-hybridized carbons (Fsp3) is 0.840. The lowest BCUT2D eigenvalue weighted by molar-refractivity contribution is -0.433. The van der Waals surface area contributed by atoms with Crippen LogP contribution < -0.4 is 0 Å². The summed E-state index contributed by atoms with van der Waals surface area (Å²) in [5.74, 6) is -71.0. The zero-order valence-electron chi connectivity index (χ0n) is 30.0. The standard InChI is InChI=1S/C25H22F26N2O8S2/c1-4-52(62(56,57)24(48,49)20(38,39)16(30,31)14(26,27)18(34,35)22(42,43)44)6-8-60-12(54)10-11(3)13(55)61-9-7-53(5-2)63(58,59)25(50,51)21(40,41)17(32,33)15(28,29)19(36,37)23(45,46)47/h3-10H2,1-2H3. The third-order valence-electron chi connectivity index (χ3n) is 7.67. The van der Waals surface area contributed by atoms with Crippen molar-refractivity contribution >= 4 is 32.0 Å². The Bertz CT molecular complexity index is 1900. The molecule has 0 radical (unpaired) electrons. The van der Waals surface area contributed by atoms with Gasteiger partial charge in [0.25, 0.3) is 20.0 Å². The molecule has 0 N–H and O–H groups in total. The van der Waals surface area contributed by atoms with Gasteiger partial charge in [-0.25, -0.2) is 21.6 Å². The van der Waals surface area contributed by atoms with Crippen LogP contribution >= 0.6 is 0 Å². The summed E-state index contributed by atoms with van der Waals surface area (Å²) in [4.78, 5) is 24.0. The zero-order valence-corrected chi connectivity index (χ0v) is 31.6. The molecule has 0 amide bonds. The molecular weight excluding hydrogens is 1010 g/mol. The Kier molecular flexibility index (Phi) is 16.9. The van der Waals surface area contributed by atoms with Gasteiger partial charge in [-0.3, -0.25) is 4.79 Å². The fourth-order valence-corrected chi connectivity index (χ4v) is 6.82. The van der Waals surface area contributed by atoms with Crippen LogP contribution in [0.4, 0.5) is 114 Å². The topological polar surface area (TPSA) is 127 Å². The highest BCUT2D eigenvalue weighted by Crippen LogP contribution is 2.63. The fourth-order valence-electron chi connectivity index (χ4n) is 3.96. The smallest absolute Gasteiger partial charge is 0.460 e. The molecule has 10 nitrogen and oxygen atoms in total. The van der Waals surface area contributed by atoms with E-state index >= 15 is 0 Å². The van der Waals surface area contributed by atoms with Crippen LogP contribution in [0.2, 0.25) is 0 Å². The molecule has 0 saturated carbocycles. The first-order valence-electron chi connectivity index (χ1n) is 15.2. The van der Waals surface area contributed by atoms with Gasteiger partial charge >= 0.3 is 82.2 Å². The molecule has 0 spiro atoms. The van der Waals surface area contributed by atoms with Crippen molar-refractivity contribution in [2.45, 2.75) is 90.5 Å². The second-order valence-electron chi connectivity index (χ2n) is 11.8. The number of nitrogens with zero attached hydrogens (tertiary/aromatic N) is 2.